The standard InChI is InChI=1S/C35H40F8N4O6/c1-19(2)26(27(48)35(41,42)43)46-28(49)25-11-8-16-47(25)29(50)24(17-20-12-14-21(15-13-20)18-44-31(52)53-32(3,4)5)45-30(51)33(36,37)22-9-6-7-10-23(22)34(38,39)40/h6-7,9-10,12-15,19,24-26H,8,11,16-18H2,1-5H3,(H,44,52)(H,45,51)(H,46,49)/t24-,25-,26?/m0/s1. The van der Waals surface area contributed by atoms with Gasteiger partial charge in [-0.15, -0.1) is 0 Å². The van der Waals surface area contributed by atoms with Crippen molar-refractivity contribution in [2.24, 2.45) is 5.92 Å². The summed E-state index contributed by atoms with van der Waals surface area (Å²) in [7, 11) is 0. The summed E-state index contributed by atoms with van der Waals surface area (Å²) in [4.78, 5) is 65.2. The molecule has 53 heavy (non-hydrogen) atoms. The third-order valence-corrected chi connectivity index (χ3v) is 8.12. The molecule has 0 aliphatic carbocycles. The van der Waals surface area contributed by atoms with Gasteiger partial charge in [0.05, 0.1) is 11.6 Å². The number of ketones is 1. The molecule has 0 bridgehead atoms. The van der Waals surface area contributed by atoms with Gasteiger partial charge in [0.15, 0.2) is 0 Å². The number of nitrogens with one attached hydrogen (secondary N) is 3. The molecule has 0 spiro atoms. The number of carbonyl (C=O) groups is 5. The smallest absolute Gasteiger partial charge is 0.444 e. The van der Waals surface area contributed by atoms with Crippen molar-refractivity contribution in [2.75, 3.05) is 6.54 Å². The molecular weight excluding hydrogens is 724 g/mol. The maximum Gasteiger partial charge on any atom is 0.452 e. The van der Waals surface area contributed by atoms with E-state index in [4.69, 9.17) is 4.74 Å². The molecule has 1 aliphatic rings. The van der Waals surface area contributed by atoms with Crippen LogP contribution in [0.2, 0.25) is 0 Å². The van der Waals surface area contributed by atoms with E-state index < -0.39 is 95.1 Å². The minimum absolute atomic E-state index is 0.00208. The van der Waals surface area contributed by atoms with Gasteiger partial charge in [-0.05, 0) is 56.7 Å². The van der Waals surface area contributed by atoms with Crippen LogP contribution in [0.1, 0.15) is 69.7 Å². The third kappa shape index (κ3) is 11.4. The van der Waals surface area contributed by atoms with Gasteiger partial charge >= 0.3 is 24.4 Å². The molecule has 1 aliphatic heterocycles. The zero-order valence-electron chi connectivity index (χ0n) is 29.4. The average Bonchev–Trinajstić information content (AvgIpc) is 3.54. The Morgan fingerprint density at radius 2 is 1.40 bits per heavy atom. The molecule has 3 N–H and O–H groups in total. The number of nitrogens with zero attached hydrogens (tertiary/aromatic N) is 1. The van der Waals surface area contributed by atoms with Gasteiger partial charge in [0.25, 0.3) is 11.7 Å². The number of rotatable bonds is 12. The highest BCUT2D eigenvalue weighted by Gasteiger charge is 2.50. The second-order valence-corrected chi connectivity index (χ2v) is 13.8. The predicted octanol–water partition coefficient (Wildman–Crippen LogP) is 5.81. The van der Waals surface area contributed by atoms with Crippen LogP contribution in [0, 0.1) is 5.92 Å². The van der Waals surface area contributed by atoms with Gasteiger partial charge in [0.2, 0.25) is 11.8 Å². The SMILES string of the molecule is CC(C)C(NC(=O)[C@@H]1CCCN1C(=O)[C@H](Cc1ccc(CNC(=O)OC(C)(C)C)cc1)NC(=O)C(F)(F)c1ccccc1C(F)(F)F)C(=O)C(F)(F)F. The van der Waals surface area contributed by atoms with Crippen LogP contribution >= 0.6 is 0 Å². The van der Waals surface area contributed by atoms with Crippen molar-refractivity contribution >= 4 is 29.6 Å². The van der Waals surface area contributed by atoms with E-state index in [-0.39, 0.29) is 31.5 Å². The highest BCUT2D eigenvalue weighted by Crippen LogP contribution is 2.39. The first-order valence-corrected chi connectivity index (χ1v) is 16.4. The van der Waals surface area contributed by atoms with E-state index in [0.29, 0.717) is 17.7 Å². The lowest BCUT2D eigenvalue weighted by atomic mass is 9.98. The Morgan fingerprint density at radius 3 is 1.92 bits per heavy atom. The lowest BCUT2D eigenvalue weighted by Crippen LogP contribution is -2.58. The maximum absolute atomic E-state index is 15.5. The number of ether oxygens (including phenoxy) is 1. The molecular formula is C35H40F8N4O6. The number of likely N-dealkylation sites (tertiary alicyclic amines) is 1. The number of benzene rings is 2. The van der Waals surface area contributed by atoms with Crippen LogP contribution in [0.3, 0.4) is 0 Å². The molecule has 2 aromatic carbocycles. The molecule has 1 unspecified atom stereocenters. The molecule has 3 atom stereocenters. The van der Waals surface area contributed by atoms with E-state index >= 15 is 8.78 Å². The summed E-state index contributed by atoms with van der Waals surface area (Å²) < 4.78 is 117. The molecule has 4 amide bonds. The van der Waals surface area contributed by atoms with Crippen molar-refractivity contribution in [3.05, 3.63) is 70.8 Å². The average molecular weight is 765 g/mol. The molecule has 3 rings (SSSR count). The first-order valence-electron chi connectivity index (χ1n) is 16.4. The zero-order chi connectivity index (χ0) is 40.1. The summed E-state index contributed by atoms with van der Waals surface area (Å²) in [6.45, 7) is 7.30. The highest BCUT2D eigenvalue weighted by molar-refractivity contribution is 5.97. The fourth-order valence-electron chi connectivity index (χ4n) is 5.56. The maximum atomic E-state index is 15.5. The van der Waals surface area contributed by atoms with E-state index in [0.717, 1.165) is 17.0 Å². The van der Waals surface area contributed by atoms with E-state index in [1.54, 1.807) is 20.8 Å². The number of carbonyl (C=O) groups excluding carboxylic acids is 5. The molecule has 18 heteroatoms. The van der Waals surface area contributed by atoms with Crippen molar-refractivity contribution in [2.45, 2.75) is 102 Å². The van der Waals surface area contributed by atoms with Gasteiger partial charge < -0.3 is 25.6 Å². The topological polar surface area (TPSA) is 134 Å². The quantitative estimate of drug-likeness (QED) is 0.234. The van der Waals surface area contributed by atoms with Gasteiger partial charge in [-0.25, -0.2) is 4.79 Å². The second kappa shape index (κ2) is 16.5. The lowest BCUT2D eigenvalue weighted by Gasteiger charge is -2.31. The first-order chi connectivity index (χ1) is 24.3. The number of alkyl carbamates (subject to hydrolysis) is 1. The Bertz CT molecular complexity index is 1660. The summed E-state index contributed by atoms with van der Waals surface area (Å²) in [5.41, 5.74) is -3.45. The summed E-state index contributed by atoms with van der Waals surface area (Å²) >= 11 is 0. The highest BCUT2D eigenvalue weighted by atomic mass is 19.4. The fourth-order valence-corrected chi connectivity index (χ4v) is 5.56. The number of hydrogen-bond acceptors (Lipinski definition) is 6. The first kappa shape index (κ1) is 42.6. The van der Waals surface area contributed by atoms with Gasteiger partial charge in [0.1, 0.15) is 17.7 Å². The molecule has 10 nitrogen and oxygen atoms in total. The number of hydrogen-bond donors (Lipinski definition) is 3. The molecule has 0 radical (unpaired) electrons. The van der Waals surface area contributed by atoms with Crippen LogP contribution in [0.15, 0.2) is 48.5 Å². The summed E-state index contributed by atoms with van der Waals surface area (Å²) in [6.07, 6.45) is -11.8. The Morgan fingerprint density at radius 1 is 0.830 bits per heavy atom. The third-order valence-electron chi connectivity index (χ3n) is 8.12. The van der Waals surface area contributed by atoms with Crippen LogP contribution < -0.4 is 16.0 Å². The van der Waals surface area contributed by atoms with Crippen molar-refractivity contribution in [3.63, 3.8) is 0 Å². The number of halogens is 8. The van der Waals surface area contributed by atoms with Gasteiger partial charge in [-0.3, -0.25) is 19.2 Å². The van der Waals surface area contributed by atoms with Gasteiger partial charge in [-0.1, -0.05) is 56.3 Å². The lowest BCUT2D eigenvalue weighted by molar-refractivity contribution is -0.175. The Hall–Kier alpha value is -4.77. The number of alkyl halides is 8. The number of Topliss-reactive ketones (excluding diaryl/α,β-unsaturated/α-hetero) is 1. The Kier molecular flexibility index (Phi) is 13.3. The molecule has 1 fully saturated rings. The summed E-state index contributed by atoms with van der Waals surface area (Å²) in [5.74, 6) is -12.6. The molecule has 0 saturated carbocycles. The van der Waals surface area contributed by atoms with Crippen molar-refractivity contribution < 1.29 is 63.8 Å². The number of amides is 4. The van der Waals surface area contributed by atoms with Gasteiger partial charge in [-0.2, -0.15) is 35.1 Å². The van der Waals surface area contributed by atoms with E-state index in [1.807, 2.05) is 10.6 Å². The van der Waals surface area contributed by atoms with Crippen molar-refractivity contribution in [3.8, 4) is 0 Å². The minimum Gasteiger partial charge on any atom is -0.444 e. The molecule has 292 valence electrons. The van der Waals surface area contributed by atoms with E-state index in [2.05, 4.69) is 5.32 Å². The fraction of sp³-hybridized carbons (Fsp3) is 0.514. The zero-order valence-corrected chi connectivity index (χ0v) is 29.4. The predicted molar refractivity (Wildman–Crippen MR) is 173 cm³/mol. The van der Waals surface area contributed by atoms with Crippen LogP contribution in [0.25, 0.3) is 0 Å². The summed E-state index contributed by atoms with van der Waals surface area (Å²) in [6, 6.07) is 2.96. The largest absolute Gasteiger partial charge is 0.452 e. The van der Waals surface area contributed by atoms with E-state index in [1.165, 1.54) is 38.1 Å². The van der Waals surface area contributed by atoms with Gasteiger partial charge in [0, 0.05) is 25.1 Å². The molecule has 2 aromatic rings. The van der Waals surface area contributed by atoms with Crippen molar-refractivity contribution in [1.82, 2.24) is 20.9 Å². The van der Waals surface area contributed by atoms with Crippen LogP contribution in [0.4, 0.5) is 39.9 Å². The Balaban J connectivity index is 1.92. The van der Waals surface area contributed by atoms with E-state index in [9.17, 15) is 50.3 Å². The minimum atomic E-state index is -5.29. The molecule has 0 aromatic heterocycles. The second-order valence-electron chi connectivity index (χ2n) is 13.8. The monoisotopic (exact) mass is 764 g/mol. The van der Waals surface area contributed by atoms with Crippen LogP contribution in [-0.2, 0) is 49.0 Å². The molecule has 1 saturated heterocycles. The van der Waals surface area contributed by atoms with Crippen LogP contribution in [-0.4, -0.2) is 70.9 Å². The van der Waals surface area contributed by atoms with Crippen LogP contribution in [0.5, 0.6) is 0 Å². The Labute approximate surface area is 300 Å². The normalized spacial score (nSPS) is 16.5. The molecule has 1 heterocycles. The summed E-state index contributed by atoms with van der Waals surface area (Å²) in [5, 5.41) is 6.40. The van der Waals surface area contributed by atoms with Crippen molar-refractivity contribution in [1.29, 1.82) is 0 Å².